The second-order valence-electron chi connectivity index (χ2n) is 3.87. The number of hydrogen-bond acceptors (Lipinski definition) is 4. The van der Waals surface area contributed by atoms with Crippen molar-refractivity contribution >= 4 is 17.3 Å². The van der Waals surface area contributed by atoms with Crippen molar-refractivity contribution in [1.82, 2.24) is 0 Å². The highest BCUT2D eigenvalue weighted by molar-refractivity contribution is 5.77. The summed E-state index contributed by atoms with van der Waals surface area (Å²) in [6.07, 6.45) is 0.672. The minimum absolute atomic E-state index is 0.172. The largest absolute Gasteiger partial charge is 0.480 e. The molecule has 0 fully saturated rings. The fourth-order valence-electron chi connectivity index (χ4n) is 1.52. The monoisotopic (exact) mass is 274 g/mol. The van der Waals surface area contributed by atoms with Gasteiger partial charge >= 0.3 is 5.97 Å². The number of nitrogens with zero attached hydrogens (tertiary/aromatic N) is 1. The van der Waals surface area contributed by atoms with E-state index in [4.69, 9.17) is 5.11 Å². The van der Waals surface area contributed by atoms with E-state index in [-0.39, 0.29) is 6.42 Å². The number of hydrogen-bond donors (Lipinski definition) is 2. The van der Waals surface area contributed by atoms with Crippen molar-refractivity contribution in [2.24, 2.45) is 0 Å². The van der Waals surface area contributed by atoms with Gasteiger partial charge < -0.3 is 10.4 Å². The number of nitro groups is 1. The maximum absolute atomic E-state index is 13.5. The molecule has 8 heteroatoms. The standard InChI is InChI=1S/C11H12F2N2O4/c1-2-3-9(11(16)17)14-10-7(12)4-6(15(18)19)5-8(10)13/h4-5,9,14H,2-3H2,1H3,(H,16,17). The summed E-state index contributed by atoms with van der Waals surface area (Å²) in [6.45, 7) is 1.72. The minimum atomic E-state index is -1.25. The van der Waals surface area contributed by atoms with Crippen molar-refractivity contribution in [2.45, 2.75) is 25.8 Å². The van der Waals surface area contributed by atoms with Gasteiger partial charge in [0.15, 0.2) is 11.6 Å². The number of non-ortho nitro benzene ring substituents is 1. The Morgan fingerprint density at radius 2 is 2.00 bits per heavy atom. The first kappa shape index (κ1) is 14.8. The summed E-state index contributed by atoms with van der Waals surface area (Å²) in [7, 11) is 0. The van der Waals surface area contributed by atoms with Crippen LogP contribution in [0.4, 0.5) is 20.2 Å². The van der Waals surface area contributed by atoms with Gasteiger partial charge in [-0.2, -0.15) is 0 Å². The topological polar surface area (TPSA) is 92.5 Å². The van der Waals surface area contributed by atoms with Gasteiger partial charge in [-0.25, -0.2) is 13.6 Å². The second-order valence-corrected chi connectivity index (χ2v) is 3.87. The quantitative estimate of drug-likeness (QED) is 0.614. The zero-order valence-electron chi connectivity index (χ0n) is 10.0. The number of aliphatic carboxylic acids is 1. The molecule has 1 aromatic rings. The number of halogens is 2. The molecule has 0 bridgehead atoms. The van der Waals surface area contributed by atoms with Crippen LogP contribution in [0.5, 0.6) is 0 Å². The first-order valence-electron chi connectivity index (χ1n) is 5.49. The molecular weight excluding hydrogens is 262 g/mol. The van der Waals surface area contributed by atoms with E-state index in [1.165, 1.54) is 0 Å². The summed E-state index contributed by atoms with van der Waals surface area (Å²) in [5, 5.41) is 21.5. The smallest absolute Gasteiger partial charge is 0.326 e. The number of carbonyl (C=O) groups is 1. The summed E-state index contributed by atoms with van der Waals surface area (Å²) in [5.74, 6) is -3.65. The van der Waals surface area contributed by atoms with Crippen LogP contribution in [0.15, 0.2) is 12.1 Å². The Morgan fingerprint density at radius 1 is 1.47 bits per heavy atom. The molecule has 0 saturated heterocycles. The molecule has 2 N–H and O–H groups in total. The maximum atomic E-state index is 13.5. The Balaban J connectivity index is 3.07. The molecule has 1 atom stereocenters. The van der Waals surface area contributed by atoms with Crippen LogP contribution in [0.25, 0.3) is 0 Å². The van der Waals surface area contributed by atoms with Gasteiger partial charge in [0.25, 0.3) is 5.69 Å². The molecule has 0 aliphatic carbocycles. The van der Waals surface area contributed by atoms with Crippen molar-refractivity contribution < 1.29 is 23.6 Å². The zero-order chi connectivity index (χ0) is 14.6. The molecule has 0 aliphatic rings. The van der Waals surface area contributed by atoms with Crippen LogP contribution in [-0.4, -0.2) is 22.0 Å². The van der Waals surface area contributed by atoms with Gasteiger partial charge in [0.05, 0.1) is 17.1 Å². The molecule has 0 saturated carbocycles. The number of carboxylic acids is 1. The molecule has 0 spiro atoms. The molecular formula is C11H12F2N2O4. The Labute approximate surface area is 107 Å². The Hall–Kier alpha value is -2.25. The summed E-state index contributed by atoms with van der Waals surface area (Å²) in [4.78, 5) is 20.3. The van der Waals surface area contributed by atoms with Crippen LogP contribution in [-0.2, 0) is 4.79 Å². The third-order valence-electron chi connectivity index (χ3n) is 2.43. The number of anilines is 1. The van der Waals surface area contributed by atoms with Crippen LogP contribution >= 0.6 is 0 Å². The van der Waals surface area contributed by atoms with Gasteiger partial charge in [-0.05, 0) is 6.42 Å². The van der Waals surface area contributed by atoms with Gasteiger partial charge in [0.2, 0.25) is 0 Å². The molecule has 104 valence electrons. The Kier molecular flexibility index (Phi) is 4.74. The zero-order valence-corrected chi connectivity index (χ0v) is 10.0. The van der Waals surface area contributed by atoms with Crippen molar-refractivity contribution in [1.29, 1.82) is 0 Å². The van der Waals surface area contributed by atoms with Crippen molar-refractivity contribution in [3.8, 4) is 0 Å². The lowest BCUT2D eigenvalue weighted by atomic mass is 10.1. The number of nitro benzene ring substituents is 1. The highest BCUT2D eigenvalue weighted by Crippen LogP contribution is 2.25. The lowest BCUT2D eigenvalue weighted by Gasteiger charge is -2.15. The molecule has 6 nitrogen and oxygen atoms in total. The van der Waals surface area contributed by atoms with Gasteiger partial charge in [-0.3, -0.25) is 10.1 Å². The SMILES string of the molecule is CCCC(Nc1c(F)cc([N+](=O)[O-])cc1F)C(=O)O. The molecule has 0 radical (unpaired) electrons. The van der Waals surface area contributed by atoms with E-state index in [1.54, 1.807) is 6.92 Å². The molecule has 0 aromatic heterocycles. The lowest BCUT2D eigenvalue weighted by Crippen LogP contribution is -2.29. The van der Waals surface area contributed by atoms with E-state index in [9.17, 15) is 23.7 Å². The summed E-state index contributed by atoms with van der Waals surface area (Å²) in [5.41, 5.74) is -1.41. The van der Waals surface area contributed by atoms with Gasteiger partial charge in [-0.15, -0.1) is 0 Å². The summed E-state index contributed by atoms with van der Waals surface area (Å²) < 4.78 is 27.1. The maximum Gasteiger partial charge on any atom is 0.326 e. The normalized spacial score (nSPS) is 11.9. The predicted octanol–water partition coefficient (Wildman–Crippen LogP) is 2.54. The van der Waals surface area contributed by atoms with E-state index in [0.717, 1.165) is 0 Å². The van der Waals surface area contributed by atoms with Crippen molar-refractivity contribution in [3.63, 3.8) is 0 Å². The Morgan fingerprint density at radius 3 is 2.37 bits per heavy atom. The molecule has 0 heterocycles. The third-order valence-corrected chi connectivity index (χ3v) is 2.43. The first-order valence-corrected chi connectivity index (χ1v) is 5.49. The van der Waals surface area contributed by atoms with Crippen LogP contribution < -0.4 is 5.32 Å². The highest BCUT2D eigenvalue weighted by atomic mass is 19.1. The molecule has 1 unspecified atom stereocenters. The highest BCUT2D eigenvalue weighted by Gasteiger charge is 2.22. The fourth-order valence-corrected chi connectivity index (χ4v) is 1.52. The Bertz CT molecular complexity index is 484. The average Bonchev–Trinajstić information content (AvgIpc) is 2.31. The second kappa shape index (κ2) is 6.07. The fraction of sp³-hybridized carbons (Fsp3) is 0.364. The minimum Gasteiger partial charge on any atom is -0.480 e. The van der Waals surface area contributed by atoms with E-state index in [0.29, 0.717) is 18.6 Å². The van der Waals surface area contributed by atoms with Gasteiger partial charge in [0.1, 0.15) is 11.7 Å². The van der Waals surface area contributed by atoms with Crippen molar-refractivity contribution in [2.75, 3.05) is 5.32 Å². The summed E-state index contributed by atoms with van der Waals surface area (Å²) in [6, 6.07) is -0.0811. The lowest BCUT2D eigenvalue weighted by molar-refractivity contribution is -0.385. The molecule has 1 rings (SSSR count). The van der Waals surface area contributed by atoms with Crippen LogP contribution in [0, 0.1) is 21.7 Å². The van der Waals surface area contributed by atoms with Crippen LogP contribution in [0.1, 0.15) is 19.8 Å². The summed E-state index contributed by atoms with van der Waals surface area (Å²) >= 11 is 0. The van der Waals surface area contributed by atoms with Gasteiger partial charge in [0, 0.05) is 0 Å². The van der Waals surface area contributed by atoms with E-state index < -0.39 is 39.9 Å². The number of nitrogens with one attached hydrogen (secondary N) is 1. The van der Waals surface area contributed by atoms with Crippen LogP contribution in [0.2, 0.25) is 0 Å². The molecule has 0 aliphatic heterocycles. The van der Waals surface area contributed by atoms with E-state index >= 15 is 0 Å². The van der Waals surface area contributed by atoms with E-state index in [1.807, 2.05) is 0 Å². The third kappa shape index (κ3) is 3.60. The molecule has 0 amide bonds. The van der Waals surface area contributed by atoms with Crippen molar-refractivity contribution in [3.05, 3.63) is 33.9 Å². The van der Waals surface area contributed by atoms with Crippen LogP contribution in [0.3, 0.4) is 0 Å². The van der Waals surface area contributed by atoms with E-state index in [2.05, 4.69) is 5.32 Å². The predicted molar refractivity (Wildman–Crippen MR) is 63.0 cm³/mol. The molecule has 19 heavy (non-hydrogen) atoms. The number of rotatable bonds is 6. The number of carboxylic acid groups (broad SMARTS) is 1. The molecule has 1 aromatic carbocycles. The number of benzene rings is 1. The van der Waals surface area contributed by atoms with Gasteiger partial charge in [-0.1, -0.05) is 13.3 Å². The first-order chi connectivity index (χ1) is 8.86. The average molecular weight is 274 g/mol.